The number of fused-ring (bicyclic) bond motifs is 4. The van der Waals surface area contributed by atoms with E-state index in [2.05, 4.69) is 114 Å². The lowest BCUT2D eigenvalue weighted by Gasteiger charge is -2.22. The second-order valence-electron chi connectivity index (χ2n) is 11.1. The summed E-state index contributed by atoms with van der Waals surface area (Å²) >= 11 is 1.86. The van der Waals surface area contributed by atoms with Gasteiger partial charge in [0, 0.05) is 27.2 Å². The number of rotatable bonds is 2. The van der Waals surface area contributed by atoms with Crippen molar-refractivity contribution in [3.8, 4) is 22.4 Å². The Morgan fingerprint density at radius 2 is 1.44 bits per heavy atom. The van der Waals surface area contributed by atoms with Crippen molar-refractivity contribution in [1.82, 2.24) is 4.98 Å². The van der Waals surface area contributed by atoms with Gasteiger partial charge in [-0.1, -0.05) is 74.9 Å². The van der Waals surface area contributed by atoms with Gasteiger partial charge in [-0.15, -0.1) is 11.3 Å². The molecule has 0 saturated heterocycles. The Labute approximate surface area is 217 Å². The minimum absolute atomic E-state index is 0.0440. The highest BCUT2D eigenvalue weighted by molar-refractivity contribution is 7.26. The predicted octanol–water partition coefficient (Wildman–Crippen LogP) is 10.2. The molecule has 0 spiro atoms. The molecule has 0 aliphatic carbocycles. The Kier molecular flexibility index (Phi) is 5.28. The van der Waals surface area contributed by atoms with E-state index in [0.717, 1.165) is 5.69 Å². The van der Waals surface area contributed by atoms with Gasteiger partial charge in [-0.25, -0.2) is 0 Å². The van der Waals surface area contributed by atoms with E-state index in [0.29, 0.717) is 0 Å². The van der Waals surface area contributed by atoms with Crippen LogP contribution in [0.25, 0.3) is 53.3 Å². The van der Waals surface area contributed by atoms with E-state index in [-0.39, 0.29) is 5.41 Å². The van der Waals surface area contributed by atoms with Crippen LogP contribution in [0.5, 0.6) is 0 Å². The zero-order valence-corrected chi connectivity index (χ0v) is 22.7. The fraction of sp³-hybridized carbons (Fsp3) is 0.206. The van der Waals surface area contributed by atoms with Crippen LogP contribution in [0.15, 0.2) is 79.0 Å². The molecule has 0 aliphatic heterocycles. The maximum absolute atomic E-state index is 4.93. The van der Waals surface area contributed by atoms with Crippen LogP contribution in [0.1, 0.15) is 43.0 Å². The van der Waals surface area contributed by atoms with Crippen LogP contribution in [0, 0.1) is 20.8 Å². The van der Waals surface area contributed by atoms with Crippen molar-refractivity contribution in [2.45, 2.75) is 47.0 Å². The van der Waals surface area contributed by atoms with Crippen molar-refractivity contribution in [3.63, 3.8) is 0 Å². The van der Waals surface area contributed by atoms with Crippen LogP contribution in [0.2, 0.25) is 0 Å². The Hall–Kier alpha value is -3.49. The van der Waals surface area contributed by atoms with Gasteiger partial charge in [0.25, 0.3) is 0 Å². The molecular weight excluding hydrogens is 454 g/mol. The topological polar surface area (TPSA) is 12.9 Å². The Morgan fingerprint density at radius 1 is 0.694 bits per heavy atom. The maximum atomic E-state index is 4.93. The summed E-state index contributed by atoms with van der Waals surface area (Å²) in [6.07, 6.45) is 1.97. The molecule has 178 valence electrons. The van der Waals surface area contributed by atoms with Gasteiger partial charge >= 0.3 is 0 Å². The molecule has 6 rings (SSSR count). The van der Waals surface area contributed by atoms with E-state index < -0.39 is 0 Å². The van der Waals surface area contributed by atoms with Gasteiger partial charge in [-0.2, -0.15) is 0 Å². The molecule has 6 aromatic rings. The number of thiophene rings is 1. The van der Waals surface area contributed by atoms with Crippen molar-refractivity contribution in [2.75, 3.05) is 0 Å². The molecule has 2 heteroatoms. The molecule has 36 heavy (non-hydrogen) atoms. The molecule has 0 saturated carbocycles. The minimum atomic E-state index is 0.0440. The van der Waals surface area contributed by atoms with E-state index in [1.54, 1.807) is 0 Å². The molecule has 0 unspecified atom stereocenters. The van der Waals surface area contributed by atoms with E-state index in [1.807, 2.05) is 17.5 Å². The van der Waals surface area contributed by atoms with E-state index in [1.165, 1.54) is 69.9 Å². The first kappa shape index (κ1) is 22.9. The highest BCUT2D eigenvalue weighted by atomic mass is 32.1. The number of aromatic nitrogens is 1. The summed E-state index contributed by atoms with van der Waals surface area (Å²) in [5.74, 6) is 0. The van der Waals surface area contributed by atoms with Crippen molar-refractivity contribution in [2.24, 2.45) is 0 Å². The third kappa shape index (κ3) is 3.72. The average Bonchev–Trinajstić information content (AvgIpc) is 3.20. The molecule has 0 amide bonds. The van der Waals surface area contributed by atoms with Crippen molar-refractivity contribution >= 4 is 42.3 Å². The lowest BCUT2D eigenvalue weighted by Crippen LogP contribution is -2.12. The van der Waals surface area contributed by atoms with Crippen molar-refractivity contribution in [1.29, 1.82) is 0 Å². The molecule has 4 aromatic carbocycles. The molecule has 2 heterocycles. The van der Waals surface area contributed by atoms with Gasteiger partial charge in [0.2, 0.25) is 0 Å². The number of aryl methyl sites for hydroxylation is 3. The Balaban J connectivity index is 1.58. The molecule has 0 bridgehead atoms. The zero-order valence-electron chi connectivity index (χ0n) is 21.9. The monoisotopic (exact) mass is 485 g/mol. The molecule has 0 fully saturated rings. The normalized spacial score (nSPS) is 12.2. The fourth-order valence-electron chi connectivity index (χ4n) is 5.77. The number of nitrogens with zero attached hydrogens (tertiary/aromatic N) is 1. The number of pyridine rings is 1. The van der Waals surface area contributed by atoms with Crippen LogP contribution in [0.4, 0.5) is 0 Å². The maximum Gasteiger partial charge on any atom is 0.0880 e. The molecule has 2 aromatic heterocycles. The predicted molar refractivity (Wildman–Crippen MR) is 158 cm³/mol. The van der Waals surface area contributed by atoms with Gasteiger partial charge < -0.3 is 0 Å². The number of hydrogen-bond acceptors (Lipinski definition) is 2. The number of hydrogen-bond donors (Lipinski definition) is 0. The third-order valence-electron chi connectivity index (χ3n) is 7.30. The summed E-state index contributed by atoms with van der Waals surface area (Å²) in [6.45, 7) is 13.5. The lowest BCUT2D eigenvalue weighted by molar-refractivity contribution is 0.596. The largest absolute Gasteiger partial charge is 0.255 e. The Bertz CT molecular complexity index is 1770. The molecule has 0 radical (unpaired) electrons. The third-order valence-corrected chi connectivity index (χ3v) is 8.47. The van der Waals surface area contributed by atoms with Gasteiger partial charge in [0.15, 0.2) is 0 Å². The van der Waals surface area contributed by atoms with Crippen LogP contribution >= 0.6 is 11.3 Å². The summed E-state index contributed by atoms with van der Waals surface area (Å²) < 4.78 is 2.57. The lowest BCUT2D eigenvalue weighted by atomic mass is 9.82. The number of benzene rings is 4. The first-order valence-electron chi connectivity index (χ1n) is 12.6. The molecular formula is C34H31NS. The van der Waals surface area contributed by atoms with Gasteiger partial charge in [0.05, 0.1) is 10.4 Å². The average molecular weight is 486 g/mol. The highest BCUT2D eigenvalue weighted by Gasteiger charge is 2.20. The zero-order chi connectivity index (χ0) is 25.2. The van der Waals surface area contributed by atoms with Crippen molar-refractivity contribution in [3.05, 3.63) is 101 Å². The van der Waals surface area contributed by atoms with Gasteiger partial charge in [0.1, 0.15) is 0 Å². The molecule has 1 nitrogen and oxygen atoms in total. The summed E-state index contributed by atoms with van der Waals surface area (Å²) in [5, 5.41) is 5.19. The SMILES string of the molecule is Cc1cc(C)c(-c2ccc3c(c2)sc2c(-c4cc(C(C)(C)C)c5ccccc5c4)nccc23)c(C)c1. The van der Waals surface area contributed by atoms with E-state index in [9.17, 15) is 0 Å². The summed E-state index contributed by atoms with van der Waals surface area (Å²) in [5.41, 5.74) is 10.3. The van der Waals surface area contributed by atoms with Gasteiger partial charge in [-0.3, -0.25) is 4.98 Å². The van der Waals surface area contributed by atoms with Crippen LogP contribution in [0.3, 0.4) is 0 Å². The molecule has 0 aliphatic rings. The Morgan fingerprint density at radius 3 is 2.19 bits per heavy atom. The summed E-state index contributed by atoms with van der Waals surface area (Å²) in [7, 11) is 0. The summed E-state index contributed by atoms with van der Waals surface area (Å²) in [4.78, 5) is 4.93. The van der Waals surface area contributed by atoms with E-state index in [4.69, 9.17) is 4.98 Å². The van der Waals surface area contributed by atoms with Crippen LogP contribution < -0.4 is 0 Å². The molecule has 0 N–H and O–H groups in total. The smallest absolute Gasteiger partial charge is 0.0880 e. The van der Waals surface area contributed by atoms with E-state index >= 15 is 0 Å². The first-order valence-corrected chi connectivity index (χ1v) is 13.5. The fourth-order valence-corrected chi connectivity index (χ4v) is 7.02. The quantitative estimate of drug-likeness (QED) is 0.238. The van der Waals surface area contributed by atoms with Crippen LogP contribution in [-0.4, -0.2) is 4.98 Å². The standard InChI is InChI=1S/C34H31NS/c1-20-15-21(2)31(22(3)16-20)24-11-12-27-28-13-14-35-32(33(28)36-30(27)19-24)25-17-23-9-7-8-10-26(23)29(18-25)34(4,5)6/h7-19H,1-6H3. The molecule has 0 atom stereocenters. The minimum Gasteiger partial charge on any atom is -0.255 e. The highest BCUT2D eigenvalue weighted by Crippen LogP contribution is 2.42. The van der Waals surface area contributed by atoms with Crippen LogP contribution in [-0.2, 0) is 5.41 Å². The van der Waals surface area contributed by atoms with Crippen molar-refractivity contribution < 1.29 is 0 Å². The second kappa shape index (κ2) is 8.28. The van der Waals surface area contributed by atoms with Gasteiger partial charge in [-0.05, 0) is 89.0 Å². The second-order valence-corrected chi connectivity index (χ2v) is 12.2. The summed E-state index contributed by atoms with van der Waals surface area (Å²) in [6, 6.07) is 27.1. The first-order chi connectivity index (χ1) is 17.2.